The Morgan fingerprint density at radius 3 is 3.07 bits per heavy atom. The smallest absolute Gasteiger partial charge is 0.309 e. The number of methoxy groups -OCH3 is 1. The van der Waals surface area contributed by atoms with Crippen LogP contribution in [0.4, 0.5) is 0 Å². The molecule has 0 bridgehead atoms. The highest BCUT2D eigenvalue weighted by Gasteiger charge is 1.96. The van der Waals surface area contributed by atoms with Crippen molar-refractivity contribution in [1.29, 1.82) is 0 Å². The Hall–Kier alpha value is -1.13. The zero-order valence-electron chi connectivity index (χ0n) is 7.90. The molecule has 0 aliphatic rings. The Bertz CT molecular complexity index is 328. The van der Waals surface area contributed by atoms with E-state index in [0.29, 0.717) is 0 Å². The van der Waals surface area contributed by atoms with E-state index in [1.165, 1.54) is 18.4 Å². The first-order chi connectivity index (χ1) is 6.76. The summed E-state index contributed by atoms with van der Waals surface area (Å²) in [7, 11) is 1.37. The molecular weight excluding hydrogens is 200 g/mol. The normalized spacial score (nSPS) is 10.7. The zero-order valence-corrected chi connectivity index (χ0v) is 8.71. The lowest BCUT2D eigenvalue weighted by molar-refractivity contribution is -0.139. The van der Waals surface area contributed by atoms with Crippen molar-refractivity contribution in [2.24, 2.45) is 0 Å². The molecule has 1 aromatic rings. The van der Waals surface area contributed by atoms with Gasteiger partial charge in [-0.05, 0) is 17.0 Å². The first kappa shape index (κ1) is 10.9. The summed E-state index contributed by atoms with van der Waals surface area (Å²) in [5.41, 5.74) is 1.00. The minimum Gasteiger partial charge on any atom is -0.469 e. The fourth-order valence-electron chi connectivity index (χ4n) is 0.943. The van der Waals surface area contributed by atoms with Crippen molar-refractivity contribution in [2.75, 3.05) is 7.11 Å². The molecule has 0 amide bonds. The number of hydrogen-bond acceptors (Lipinski definition) is 4. The maximum Gasteiger partial charge on any atom is 0.309 e. The van der Waals surface area contributed by atoms with E-state index >= 15 is 0 Å². The van der Waals surface area contributed by atoms with Crippen LogP contribution in [-0.2, 0) is 16.1 Å². The number of thiophene rings is 1. The highest BCUT2D eigenvalue weighted by atomic mass is 32.1. The first-order valence-corrected chi connectivity index (χ1v) is 5.06. The lowest BCUT2D eigenvalue weighted by Gasteiger charge is -1.91. The van der Waals surface area contributed by atoms with Crippen LogP contribution in [0.5, 0.6) is 0 Å². The van der Waals surface area contributed by atoms with Crippen molar-refractivity contribution < 1.29 is 14.6 Å². The lowest BCUT2D eigenvalue weighted by atomic mass is 10.2. The van der Waals surface area contributed by atoms with Gasteiger partial charge in [-0.15, -0.1) is 11.3 Å². The Balaban J connectivity index is 2.47. The van der Waals surface area contributed by atoms with Crippen LogP contribution >= 0.6 is 11.3 Å². The second-order valence-electron chi connectivity index (χ2n) is 2.69. The van der Waals surface area contributed by atoms with E-state index in [2.05, 4.69) is 4.74 Å². The third-order valence-electron chi connectivity index (χ3n) is 1.65. The van der Waals surface area contributed by atoms with Crippen molar-refractivity contribution >= 4 is 23.4 Å². The molecule has 76 valence electrons. The molecule has 0 atom stereocenters. The minimum atomic E-state index is -0.251. The largest absolute Gasteiger partial charge is 0.469 e. The van der Waals surface area contributed by atoms with Gasteiger partial charge < -0.3 is 9.84 Å². The fourth-order valence-corrected chi connectivity index (χ4v) is 1.66. The third-order valence-corrected chi connectivity index (χ3v) is 2.59. The van der Waals surface area contributed by atoms with Gasteiger partial charge in [-0.25, -0.2) is 0 Å². The topological polar surface area (TPSA) is 46.5 Å². The van der Waals surface area contributed by atoms with E-state index in [1.807, 2.05) is 17.5 Å². The third kappa shape index (κ3) is 3.32. The van der Waals surface area contributed by atoms with Gasteiger partial charge in [0.05, 0.1) is 20.1 Å². The van der Waals surface area contributed by atoms with Gasteiger partial charge in [-0.1, -0.05) is 12.2 Å². The highest BCUT2D eigenvalue weighted by Crippen LogP contribution is 2.15. The molecule has 4 heteroatoms. The molecule has 0 saturated carbocycles. The second kappa shape index (κ2) is 5.57. The first-order valence-electron chi connectivity index (χ1n) is 4.18. The van der Waals surface area contributed by atoms with Crippen LogP contribution in [0.2, 0.25) is 0 Å². The van der Waals surface area contributed by atoms with Gasteiger partial charge in [0, 0.05) is 4.88 Å². The van der Waals surface area contributed by atoms with Gasteiger partial charge in [0.15, 0.2) is 0 Å². The highest BCUT2D eigenvalue weighted by molar-refractivity contribution is 7.10. The van der Waals surface area contributed by atoms with Gasteiger partial charge >= 0.3 is 5.97 Å². The molecule has 1 rings (SSSR count). The Morgan fingerprint density at radius 2 is 2.50 bits per heavy atom. The van der Waals surface area contributed by atoms with Crippen LogP contribution in [0.1, 0.15) is 16.9 Å². The van der Waals surface area contributed by atoms with Gasteiger partial charge in [0.1, 0.15) is 0 Å². The summed E-state index contributed by atoms with van der Waals surface area (Å²) in [5, 5.41) is 10.7. The van der Waals surface area contributed by atoms with E-state index in [1.54, 1.807) is 6.08 Å². The monoisotopic (exact) mass is 212 g/mol. The van der Waals surface area contributed by atoms with E-state index in [4.69, 9.17) is 5.11 Å². The lowest BCUT2D eigenvalue weighted by Crippen LogP contribution is -1.96. The maximum absolute atomic E-state index is 10.8. The molecule has 1 N–H and O–H groups in total. The number of carbonyl (C=O) groups is 1. The maximum atomic E-state index is 10.8. The molecule has 0 spiro atoms. The number of esters is 1. The summed E-state index contributed by atoms with van der Waals surface area (Å²) >= 11 is 1.50. The quantitative estimate of drug-likeness (QED) is 0.774. The molecule has 0 aromatic carbocycles. The van der Waals surface area contributed by atoms with Crippen LogP contribution in [0, 0.1) is 0 Å². The number of aliphatic hydroxyl groups excluding tert-OH is 1. The van der Waals surface area contributed by atoms with Crippen molar-refractivity contribution in [3.8, 4) is 0 Å². The number of hydrogen-bond donors (Lipinski definition) is 1. The minimum absolute atomic E-state index is 0.0650. The number of ether oxygens (including phenoxy) is 1. The number of aliphatic hydroxyl groups is 1. The molecule has 3 nitrogen and oxygen atoms in total. The second-order valence-corrected chi connectivity index (χ2v) is 3.68. The van der Waals surface area contributed by atoms with Crippen molar-refractivity contribution in [1.82, 2.24) is 0 Å². The van der Waals surface area contributed by atoms with Crippen LogP contribution in [-0.4, -0.2) is 18.2 Å². The Morgan fingerprint density at radius 1 is 1.71 bits per heavy atom. The average Bonchev–Trinajstić information content (AvgIpc) is 2.65. The summed E-state index contributed by atoms with van der Waals surface area (Å²) in [6.07, 6.45) is 3.86. The van der Waals surface area contributed by atoms with E-state index in [0.717, 1.165) is 10.4 Å². The summed E-state index contributed by atoms with van der Waals surface area (Å²) < 4.78 is 4.49. The predicted octanol–water partition coefficient (Wildman–Crippen LogP) is 1.82. The van der Waals surface area contributed by atoms with Crippen molar-refractivity contribution in [2.45, 2.75) is 13.0 Å². The molecule has 14 heavy (non-hydrogen) atoms. The summed E-state index contributed by atoms with van der Waals surface area (Å²) in [6.45, 7) is 0.0650. The summed E-state index contributed by atoms with van der Waals surface area (Å²) in [6, 6.07) is 1.89. The van der Waals surface area contributed by atoms with Gasteiger partial charge in [0.2, 0.25) is 0 Å². The molecular formula is C10H12O3S. The molecule has 1 aromatic heterocycles. The van der Waals surface area contributed by atoms with Crippen molar-refractivity contribution in [3.05, 3.63) is 28.0 Å². The summed E-state index contributed by atoms with van der Waals surface area (Å²) in [5.74, 6) is -0.251. The average molecular weight is 212 g/mol. The van der Waals surface area contributed by atoms with E-state index < -0.39 is 0 Å². The molecule has 0 unspecified atom stereocenters. The standard InChI is InChI=1S/C10H12O3S/c1-13-10(12)4-2-3-8-5-9(6-11)14-7-8/h2-3,5,7,11H,4,6H2,1H3. The molecule has 0 radical (unpaired) electrons. The van der Waals surface area contributed by atoms with Crippen LogP contribution in [0.25, 0.3) is 6.08 Å². The fraction of sp³-hybridized carbons (Fsp3) is 0.300. The Kier molecular flexibility index (Phi) is 4.35. The van der Waals surface area contributed by atoms with Crippen LogP contribution < -0.4 is 0 Å². The SMILES string of the molecule is COC(=O)CC=Cc1csc(CO)c1. The summed E-state index contributed by atoms with van der Waals surface area (Å²) in [4.78, 5) is 11.7. The zero-order chi connectivity index (χ0) is 10.4. The van der Waals surface area contributed by atoms with Crippen LogP contribution in [0.3, 0.4) is 0 Å². The Labute approximate surface area is 86.6 Å². The van der Waals surface area contributed by atoms with Gasteiger partial charge in [0.25, 0.3) is 0 Å². The van der Waals surface area contributed by atoms with Gasteiger partial charge in [-0.3, -0.25) is 4.79 Å². The molecule has 0 fully saturated rings. The number of carbonyl (C=O) groups excluding carboxylic acids is 1. The molecule has 0 aliphatic heterocycles. The molecule has 0 saturated heterocycles. The van der Waals surface area contributed by atoms with E-state index in [9.17, 15) is 4.79 Å². The van der Waals surface area contributed by atoms with Gasteiger partial charge in [-0.2, -0.15) is 0 Å². The molecule has 1 heterocycles. The predicted molar refractivity (Wildman–Crippen MR) is 55.9 cm³/mol. The number of rotatable bonds is 4. The van der Waals surface area contributed by atoms with Crippen molar-refractivity contribution in [3.63, 3.8) is 0 Å². The van der Waals surface area contributed by atoms with E-state index in [-0.39, 0.29) is 19.0 Å². The van der Waals surface area contributed by atoms with Crippen LogP contribution in [0.15, 0.2) is 17.5 Å². The molecule has 0 aliphatic carbocycles.